The van der Waals surface area contributed by atoms with Gasteiger partial charge in [0.2, 0.25) is 0 Å². The molecule has 1 heterocycles. The number of hydrogen-bond acceptors (Lipinski definition) is 4. The van der Waals surface area contributed by atoms with Gasteiger partial charge in [0.1, 0.15) is 11.5 Å². The molecule has 1 aliphatic heterocycles. The van der Waals surface area contributed by atoms with Crippen LogP contribution in [0.1, 0.15) is 30.9 Å². The van der Waals surface area contributed by atoms with E-state index < -0.39 is 0 Å². The van der Waals surface area contributed by atoms with Crippen LogP contribution >= 0.6 is 0 Å². The number of ether oxygens (including phenoxy) is 2. The molecule has 3 rings (SSSR count). The van der Waals surface area contributed by atoms with E-state index in [9.17, 15) is 4.79 Å². The van der Waals surface area contributed by atoms with Gasteiger partial charge in [-0.05, 0) is 67.2 Å². The summed E-state index contributed by atoms with van der Waals surface area (Å²) in [5, 5.41) is 2.90. The number of rotatable bonds is 8. The highest BCUT2D eigenvalue weighted by atomic mass is 16.5. The summed E-state index contributed by atoms with van der Waals surface area (Å²) < 4.78 is 10.6. The molecule has 1 N–H and O–H groups in total. The Balaban J connectivity index is 1.38. The lowest BCUT2D eigenvalue weighted by Crippen LogP contribution is -2.32. The number of nitrogens with zero attached hydrogens (tertiary/aromatic N) is 1. The predicted octanol–water partition coefficient (Wildman–Crippen LogP) is 3.62. The van der Waals surface area contributed by atoms with E-state index in [2.05, 4.69) is 41.4 Å². The topological polar surface area (TPSA) is 50.8 Å². The number of benzene rings is 2. The minimum absolute atomic E-state index is 0.00219. The molecule has 1 saturated heterocycles. The zero-order valence-corrected chi connectivity index (χ0v) is 16.8. The average molecular weight is 383 g/mol. The van der Waals surface area contributed by atoms with Gasteiger partial charge < -0.3 is 14.8 Å². The molecule has 5 heteroatoms. The van der Waals surface area contributed by atoms with Gasteiger partial charge in [0.05, 0.1) is 7.11 Å². The SMILES string of the molecule is COc1ccc(OCC(=O)NCc2ccc(CN3CCC(C)CC3)cc2)cc1. The quantitative estimate of drug-likeness (QED) is 0.758. The van der Waals surface area contributed by atoms with Crippen molar-refractivity contribution in [3.8, 4) is 11.5 Å². The zero-order chi connectivity index (χ0) is 19.8. The molecule has 0 bridgehead atoms. The van der Waals surface area contributed by atoms with Crippen LogP contribution in [-0.4, -0.2) is 37.6 Å². The highest BCUT2D eigenvalue weighted by molar-refractivity contribution is 5.77. The number of carbonyl (C=O) groups excluding carboxylic acids is 1. The van der Waals surface area contributed by atoms with Crippen LogP contribution in [0.15, 0.2) is 48.5 Å². The molecule has 1 aliphatic rings. The number of likely N-dealkylation sites (tertiary alicyclic amines) is 1. The molecule has 0 aromatic heterocycles. The van der Waals surface area contributed by atoms with Gasteiger partial charge in [-0.25, -0.2) is 0 Å². The molecule has 0 saturated carbocycles. The first kappa shape index (κ1) is 20.2. The monoisotopic (exact) mass is 382 g/mol. The number of nitrogens with one attached hydrogen (secondary N) is 1. The van der Waals surface area contributed by atoms with Gasteiger partial charge in [-0.2, -0.15) is 0 Å². The molecule has 2 aromatic carbocycles. The van der Waals surface area contributed by atoms with E-state index in [0.29, 0.717) is 12.3 Å². The molecule has 0 aliphatic carbocycles. The number of hydrogen-bond donors (Lipinski definition) is 1. The van der Waals surface area contributed by atoms with Crippen molar-refractivity contribution < 1.29 is 14.3 Å². The molecular formula is C23H30N2O3. The summed E-state index contributed by atoms with van der Waals surface area (Å²) in [6.07, 6.45) is 2.59. The summed E-state index contributed by atoms with van der Waals surface area (Å²) in [5.41, 5.74) is 2.42. The Hall–Kier alpha value is -2.53. The highest BCUT2D eigenvalue weighted by Crippen LogP contribution is 2.18. The number of methoxy groups -OCH3 is 1. The fraction of sp³-hybridized carbons (Fsp3) is 0.435. The Morgan fingerprint density at radius 2 is 1.61 bits per heavy atom. The minimum atomic E-state index is -0.137. The molecule has 0 atom stereocenters. The lowest BCUT2D eigenvalue weighted by molar-refractivity contribution is -0.123. The third kappa shape index (κ3) is 6.27. The number of carbonyl (C=O) groups is 1. The average Bonchev–Trinajstić information content (AvgIpc) is 2.74. The van der Waals surface area contributed by atoms with Crippen molar-refractivity contribution in [2.45, 2.75) is 32.9 Å². The van der Waals surface area contributed by atoms with Crippen molar-refractivity contribution in [2.24, 2.45) is 5.92 Å². The second-order valence-corrected chi connectivity index (χ2v) is 7.52. The van der Waals surface area contributed by atoms with Crippen LogP contribution in [0, 0.1) is 5.92 Å². The molecule has 0 radical (unpaired) electrons. The van der Waals surface area contributed by atoms with Crippen molar-refractivity contribution >= 4 is 5.91 Å². The van der Waals surface area contributed by atoms with Crippen molar-refractivity contribution in [1.82, 2.24) is 10.2 Å². The van der Waals surface area contributed by atoms with E-state index in [0.717, 1.165) is 23.8 Å². The van der Waals surface area contributed by atoms with E-state index in [1.165, 1.54) is 31.5 Å². The fourth-order valence-electron chi connectivity index (χ4n) is 3.31. The Bertz CT molecular complexity index is 735. The van der Waals surface area contributed by atoms with E-state index in [1.54, 1.807) is 31.4 Å². The zero-order valence-electron chi connectivity index (χ0n) is 16.8. The van der Waals surface area contributed by atoms with Crippen molar-refractivity contribution in [1.29, 1.82) is 0 Å². The Labute approximate surface area is 167 Å². The largest absolute Gasteiger partial charge is 0.497 e. The molecule has 1 amide bonds. The van der Waals surface area contributed by atoms with Crippen LogP contribution in [0.3, 0.4) is 0 Å². The first-order chi connectivity index (χ1) is 13.6. The molecular weight excluding hydrogens is 352 g/mol. The van der Waals surface area contributed by atoms with Gasteiger partial charge in [0, 0.05) is 13.1 Å². The molecule has 150 valence electrons. The molecule has 28 heavy (non-hydrogen) atoms. The second kappa shape index (κ2) is 10.1. The number of piperidine rings is 1. The molecule has 5 nitrogen and oxygen atoms in total. The maximum Gasteiger partial charge on any atom is 0.258 e. The minimum Gasteiger partial charge on any atom is -0.497 e. The van der Waals surface area contributed by atoms with Crippen LogP contribution in [0.2, 0.25) is 0 Å². The Morgan fingerprint density at radius 3 is 2.25 bits per heavy atom. The van der Waals surface area contributed by atoms with Gasteiger partial charge in [-0.15, -0.1) is 0 Å². The first-order valence-electron chi connectivity index (χ1n) is 9.96. The smallest absolute Gasteiger partial charge is 0.258 e. The summed E-state index contributed by atoms with van der Waals surface area (Å²) in [7, 11) is 1.62. The first-order valence-corrected chi connectivity index (χ1v) is 9.96. The normalized spacial score (nSPS) is 15.2. The van der Waals surface area contributed by atoms with Crippen LogP contribution in [0.4, 0.5) is 0 Å². The van der Waals surface area contributed by atoms with Crippen molar-refractivity contribution in [3.05, 3.63) is 59.7 Å². The van der Waals surface area contributed by atoms with Gasteiger partial charge >= 0.3 is 0 Å². The van der Waals surface area contributed by atoms with E-state index in [-0.39, 0.29) is 12.5 Å². The van der Waals surface area contributed by atoms with Crippen LogP contribution in [0.25, 0.3) is 0 Å². The van der Waals surface area contributed by atoms with Gasteiger partial charge in [-0.1, -0.05) is 31.2 Å². The molecule has 2 aromatic rings. The summed E-state index contributed by atoms with van der Waals surface area (Å²) >= 11 is 0. The molecule has 0 spiro atoms. The fourth-order valence-corrected chi connectivity index (χ4v) is 3.31. The Morgan fingerprint density at radius 1 is 1.00 bits per heavy atom. The summed E-state index contributed by atoms with van der Waals surface area (Å²) in [6, 6.07) is 15.7. The summed E-state index contributed by atoms with van der Waals surface area (Å²) in [4.78, 5) is 14.5. The standard InChI is InChI=1S/C23H30N2O3/c1-18-11-13-25(14-12-18)16-20-5-3-19(4-6-20)15-24-23(26)17-28-22-9-7-21(27-2)8-10-22/h3-10,18H,11-17H2,1-2H3,(H,24,26). The van der Waals surface area contributed by atoms with Gasteiger partial charge in [-0.3, -0.25) is 9.69 Å². The van der Waals surface area contributed by atoms with Gasteiger partial charge in [0.15, 0.2) is 6.61 Å². The maximum absolute atomic E-state index is 12.0. The van der Waals surface area contributed by atoms with Crippen LogP contribution in [-0.2, 0) is 17.9 Å². The second-order valence-electron chi connectivity index (χ2n) is 7.52. The molecule has 1 fully saturated rings. The van der Waals surface area contributed by atoms with E-state index in [4.69, 9.17) is 9.47 Å². The van der Waals surface area contributed by atoms with E-state index >= 15 is 0 Å². The van der Waals surface area contributed by atoms with Gasteiger partial charge in [0.25, 0.3) is 5.91 Å². The predicted molar refractivity (Wildman–Crippen MR) is 110 cm³/mol. The van der Waals surface area contributed by atoms with Crippen molar-refractivity contribution in [2.75, 3.05) is 26.8 Å². The Kier molecular flexibility index (Phi) is 7.31. The van der Waals surface area contributed by atoms with Crippen LogP contribution in [0.5, 0.6) is 11.5 Å². The third-order valence-electron chi connectivity index (χ3n) is 5.22. The summed E-state index contributed by atoms with van der Waals surface area (Å²) in [5.74, 6) is 2.13. The maximum atomic E-state index is 12.0. The van der Waals surface area contributed by atoms with Crippen LogP contribution < -0.4 is 14.8 Å². The lowest BCUT2D eigenvalue weighted by atomic mass is 9.99. The van der Waals surface area contributed by atoms with Crippen molar-refractivity contribution in [3.63, 3.8) is 0 Å². The third-order valence-corrected chi connectivity index (χ3v) is 5.22. The lowest BCUT2D eigenvalue weighted by Gasteiger charge is -2.30. The molecule has 0 unspecified atom stereocenters. The summed E-state index contributed by atoms with van der Waals surface area (Å²) in [6.45, 7) is 6.22. The highest BCUT2D eigenvalue weighted by Gasteiger charge is 2.15. The van der Waals surface area contributed by atoms with E-state index in [1.807, 2.05) is 0 Å². The number of amides is 1.